The average Bonchev–Trinajstić information content (AvgIpc) is 2.73. The highest BCUT2D eigenvalue weighted by Gasteiger charge is 2.33. The molecule has 6 nitrogen and oxygen atoms in total. The molecule has 0 spiro atoms. The molecule has 1 aliphatic carbocycles. The quantitative estimate of drug-likeness (QED) is 0.844. The Hall–Kier alpha value is -2.24. The van der Waals surface area contributed by atoms with Crippen LogP contribution in [0, 0.1) is 11.8 Å². The van der Waals surface area contributed by atoms with Gasteiger partial charge in [-0.2, -0.15) is 0 Å². The van der Waals surface area contributed by atoms with E-state index >= 15 is 0 Å². The van der Waals surface area contributed by atoms with Gasteiger partial charge in [0.1, 0.15) is 5.75 Å². The minimum Gasteiger partial charge on any atom is -0.497 e. The molecule has 0 aromatic heterocycles. The molecule has 1 saturated carbocycles. The highest BCUT2D eigenvalue weighted by Crippen LogP contribution is 2.31. The van der Waals surface area contributed by atoms with Gasteiger partial charge in [0.05, 0.1) is 7.11 Å². The van der Waals surface area contributed by atoms with Crippen LogP contribution in [0.3, 0.4) is 0 Å². The molecule has 1 aliphatic heterocycles. The zero-order chi connectivity index (χ0) is 20.1. The summed E-state index contributed by atoms with van der Waals surface area (Å²) in [5.41, 5.74) is 1.17. The second-order valence-corrected chi connectivity index (χ2v) is 8.22. The number of hydrogen-bond donors (Lipinski definition) is 1. The summed E-state index contributed by atoms with van der Waals surface area (Å²) in [5.74, 6) is 1.43. The molecule has 1 N–H and O–H groups in total. The SMILES string of the molecule is COc1ccc(N2CCN(C(=O)C3CCC(C(=O)NC(C)C)CC3)CC2)cc1. The Morgan fingerprint density at radius 3 is 2.07 bits per heavy atom. The highest BCUT2D eigenvalue weighted by molar-refractivity contribution is 5.81. The number of carbonyl (C=O) groups excluding carboxylic acids is 2. The van der Waals surface area contributed by atoms with Crippen LogP contribution in [0.1, 0.15) is 39.5 Å². The molecule has 0 bridgehead atoms. The maximum atomic E-state index is 12.9. The zero-order valence-corrected chi connectivity index (χ0v) is 17.3. The van der Waals surface area contributed by atoms with Crippen LogP contribution >= 0.6 is 0 Å². The molecule has 1 aromatic rings. The highest BCUT2D eigenvalue weighted by atomic mass is 16.5. The van der Waals surface area contributed by atoms with Crippen molar-refractivity contribution in [3.63, 3.8) is 0 Å². The van der Waals surface area contributed by atoms with Gasteiger partial charge in [-0.1, -0.05) is 0 Å². The number of methoxy groups -OCH3 is 1. The number of rotatable bonds is 5. The average molecular weight is 388 g/mol. The second kappa shape index (κ2) is 9.30. The monoisotopic (exact) mass is 387 g/mol. The molecule has 2 fully saturated rings. The normalized spacial score (nSPS) is 22.9. The molecule has 2 aliphatic rings. The molecule has 3 rings (SSSR count). The van der Waals surface area contributed by atoms with E-state index in [1.807, 2.05) is 30.9 Å². The number of anilines is 1. The van der Waals surface area contributed by atoms with Crippen molar-refractivity contribution in [3.8, 4) is 5.75 Å². The van der Waals surface area contributed by atoms with E-state index in [9.17, 15) is 9.59 Å². The van der Waals surface area contributed by atoms with Crippen molar-refractivity contribution in [2.24, 2.45) is 11.8 Å². The molecular weight excluding hydrogens is 354 g/mol. The van der Waals surface area contributed by atoms with E-state index in [1.165, 1.54) is 5.69 Å². The number of piperazine rings is 1. The summed E-state index contributed by atoms with van der Waals surface area (Å²) in [7, 11) is 1.67. The first-order chi connectivity index (χ1) is 13.5. The fourth-order valence-electron chi connectivity index (χ4n) is 4.24. The van der Waals surface area contributed by atoms with Crippen molar-refractivity contribution in [1.82, 2.24) is 10.2 Å². The largest absolute Gasteiger partial charge is 0.497 e. The zero-order valence-electron chi connectivity index (χ0n) is 17.3. The minimum absolute atomic E-state index is 0.0679. The molecule has 28 heavy (non-hydrogen) atoms. The lowest BCUT2D eigenvalue weighted by atomic mass is 9.80. The molecule has 6 heteroatoms. The Morgan fingerprint density at radius 2 is 1.54 bits per heavy atom. The summed E-state index contributed by atoms with van der Waals surface area (Å²) in [6, 6.07) is 8.26. The van der Waals surface area contributed by atoms with Crippen molar-refractivity contribution >= 4 is 17.5 Å². The molecule has 0 atom stereocenters. The topological polar surface area (TPSA) is 61.9 Å². The van der Waals surface area contributed by atoms with Gasteiger partial charge in [-0.25, -0.2) is 0 Å². The first kappa shape index (κ1) is 20.5. The van der Waals surface area contributed by atoms with E-state index in [-0.39, 0.29) is 29.7 Å². The lowest BCUT2D eigenvalue weighted by Gasteiger charge is -2.38. The van der Waals surface area contributed by atoms with Crippen LogP contribution in [-0.4, -0.2) is 56.0 Å². The number of benzene rings is 1. The van der Waals surface area contributed by atoms with Crippen LogP contribution in [0.4, 0.5) is 5.69 Å². The fraction of sp³-hybridized carbons (Fsp3) is 0.636. The number of amides is 2. The van der Waals surface area contributed by atoms with Crippen LogP contribution in [-0.2, 0) is 9.59 Å². The van der Waals surface area contributed by atoms with E-state index in [0.29, 0.717) is 0 Å². The van der Waals surface area contributed by atoms with Crippen LogP contribution < -0.4 is 15.0 Å². The van der Waals surface area contributed by atoms with E-state index in [4.69, 9.17) is 4.74 Å². The number of nitrogens with one attached hydrogen (secondary N) is 1. The van der Waals surface area contributed by atoms with E-state index in [1.54, 1.807) is 7.11 Å². The third-order valence-electron chi connectivity index (χ3n) is 5.91. The van der Waals surface area contributed by atoms with Gasteiger partial charge in [0.2, 0.25) is 11.8 Å². The third-order valence-corrected chi connectivity index (χ3v) is 5.91. The summed E-state index contributed by atoms with van der Waals surface area (Å²) in [6.07, 6.45) is 3.29. The van der Waals surface area contributed by atoms with Crippen LogP contribution in [0.5, 0.6) is 5.75 Å². The number of carbonyl (C=O) groups is 2. The van der Waals surface area contributed by atoms with E-state index < -0.39 is 0 Å². The maximum Gasteiger partial charge on any atom is 0.225 e. The van der Waals surface area contributed by atoms with E-state index in [0.717, 1.165) is 57.6 Å². The predicted octanol–water partition coefficient (Wildman–Crippen LogP) is 2.67. The molecule has 0 unspecified atom stereocenters. The van der Waals surface area contributed by atoms with Gasteiger partial charge >= 0.3 is 0 Å². The van der Waals surface area contributed by atoms with Crippen molar-refractivity contribution in [1.29, 1.82) is 0 Å². The van der Waals surface area contributed by atoms with Crippen molar-refractivity contribution in [2.45, 2.75) is 45.6 Å². The molecule has 0 radical (unpaired) electrons. The standard InChI is InChI=1S/C22H33N3O3/c1-16(2)23-21(26)17-4-6-18(7-5-17)22(27)25-14-12-24(13-15-25)19-8-10-20(28-3)11-9-19/h8-11,16-18H,4-7,12-15H2,1-3H3,(H,23,26). The van der Waals surface area contributed by atoms with E-state index in [2.05, 4.69) is 22.3 Å². The van der Waals surface area contributed by atoms with Crippen molar-refractivity contribution < 1.29 is 14.3 Å². The molecule has 1 heterocycles. The van der Waals surface area contributed by atoms with Gasteiger partial charge in [-0.3, -0.25) is 9.59 Å². The Balaban J connectivity index is 1.46. The molecule has 1 aromatic carbocycles. The van der Waals surface area contributed by atoms with Gasteiger partial charge in [0.15, 0.2) is 0 Å². The fourth-order valence-corrected chi connectivity index (χ4v) is 4.24. The summed E-state index contributed by atoms with van der Waals surface area (Å²) in [4.78, 5) is 29.4. The van der Waals surface area contributed by atoms with Gasteiger partial charge in [0, 0.05) is 49.7 Å². The van der Waals surface area contributed by atoms with Gasteiger partial charge in [-0.05, 0) is 63.8 Å². The lowest BCUT2D eigenvalue weighted by Crippen LogP contribution is -2.51. The smallest absolute Gasteiger partial charge is 0.225 e. The van der Waals surface area contributed by atoms with Gasteiger partial charge in [0.25, 0.3) is 0 Å². The third kappa shape index (κ3) is 4.97. The first-order valence-electron chi connectivity index (χ1n) is 10.5. The Labute approximate surface area is 168 Å². The maximum absolute atomic E-state index is 12.9. The second-order valence-electron chi connectivity index (χ2n) is 8.22. The summed E-state index contributed by atoms with van der Waals surface area (Å²) in [6.45, 7) is 7.20. The van der Waals surface area contributed by atoms with Gasteiger partial charge in [-0.15, -0.1) is 0 Å². The Bertz CT molecular complexity index is 658. The number of nitrogens with zero attached hydrogens (tertiary/aromatic N) is 2. The van der Waals surface area contributed by atoms with Crippen molar-refractivity contribution in [2.75, 3.05) is 38.2 Å². The molecule has 154 valence electrons. The van der Waals surface area contributed by atoms with Crippen LogP contribution in [0.25, 0.3) is 0 Å². The first-order valence-corrected chi connectivity index (χ1v) is 10.5. The van der Waals surface area contributed by atoms with Gasteiger partial charge < -0.3 is 19.9 Å². The number of ether oxygens (including phenoxy) is 1. The van der Waals surface area contributed by atoms with Crippen LogP contribution in [0.2, 0.25) is 0 Å². The predicted molar refractivity (Wildman–Crippen MR) is 111 cm³/mol. The number of hydrogen-bond acceptors (Lipinski definition) is 4. The minimum atomic E-state index is 0.0679. The van der Waals surface area contributed by atoms with Crippen molar-refractivity contribution in [3.05, 3.63) is 24.3 Å². The molecule has 2 amide bonds. The summed E-state index contributed by atoms with van der Waals surface area (Å²) in [5, 5.41) is 3.00. The summed E-state index contributed by atoms with van der Waals surface area (Å²) >= 11 is 0. The lowest BCUT2D eigenvalue weighted by molar-refractivity contribution is -0.138. The molecular formula is C22H33N3O3. The Morgan fingerprint density at radius 1 is 0.964 bits per heavy atom. The Kier molecular flexibility index (Phi) is 6.81. The molecule has 1 saturated heterocycles. The van der Waals surface area contributed by atoms with Crippen LogP contribution in [0.15, 0.2) is 24.3 Å². The summed E-state index contributed by atoms with van der Waals surface area (Å²) < 4.78 is 5.22.